The lowest BCUT2D eigenvalue weighted by Gasteiger charge is -2.11. The van der Waals surface area contributed by atoms with E-state index in [2.05, 4.69) is 53.5 Å². The van der Waals surface area contributed by atoms with Crippen LogP contribution in [-0.4, -0.2) is 15.0 Å². The third-order valence-corrected chi connectivity index (χ3v) is 5.33. The fourth-order valence-corrected chi connectivity index (χ4v) is 3.49. The number of nitrogens with two attached hydrogens (primary N) is 1. The maximum atomic E-state index is 13.7. The van der Waals surface area contributed by atoms with Crippen molar-refractivity contribution < 1.29 is 4.39 Å². The summed E-state index contributed by atoms with van der Waals surface area (Å²) in [7, 11) is 0. The quantitative estimate of drug-likeness (QED) is 0.357. The molecule has 4 aromatic rings. The van der Waals surface area contributed by atoms with E-state index in [1.54, 1.807) is 12.1 Å². The van der Waals surface area contributed by atoms with E-state index in [4.69, 9.17) is 5.73 Å². The summed E-state index contributed by atoms with van der Waals surface area (Å²) in [5.41, 5.74) is 9.94. The van der Waals surface area contributed by atoms with Crippen LogP contribution < -0.4 is 5.73 Å². The summed E-state index contributed by atoms with van der Waals surface area (Å²) in [4.78, 5) is 13.0. The normalized spacial score (nSPS) is 11.0. The van der Waals surface area contributed by atoms with Crippen molar-refractivity contribution in [1.82, 2.24) is 15.0 Å². The lowest BCUT2D eigenvalue weighted by Crippen LogP contribution is -1.99. The maximum Gasteiger partial charge on any atom is 0.165 e. The molecule has 2 aromatic heterocycles. The predicted octanol–water partition coefficient (Wildman–Crippen LogP) is 5.45. The SMILES string of the molecule is Nc1ncnc2nc(-c3ccc(I)cc3)cc(-c3ccc(F)c(Br)c3)c12. The Morgan fingerprint density at radius 2 is 1.69 bits per heavy atom. The van der Waals surface area contributed by atoms with Crippen molar-refractivity contribution in [2.45, 2.75) is 0 Å². The fourth-order valence-electron chi connectivity index (χ4n) is 2.75. The predicted molar refractivity (Wildman–Crippen MR) is 113 cm³/mol. The van der Waals surface area contributed by atoms with Crippen LogP contribution in [0, 0.1) is 9.39 Å². The van der Waals surface area contributed by atoms with Crippen LogP contribution in [0.15, 0.2) is 59.3 Å². The first-order chi connectivity index (χ1) is 12.5. The van der Waals surface area contributed by atoms with Crippen molar-refractivity contribution in [3.05, 3.63) is 68.7 Å². The van der Waals surface area contributed by atoms with E-state index in [0.29, 0.717) is 21.3 Å². The molecule has 0 aliphatic heterocycles. The molecule has 2 heterocycles. The molecule has 26 heavy (non-hydrogen) atoms. The zero-order valence-electron chi connectivity index (χ0n) is 13.2. The molecule has 0 spiro atoms. The van der Waals surface area contributed by atoms with Crippen molar-refractivity contribution in [2.24, 2.45) is 0 Å². The highest BCUT2D eigenvalue weighted by atomic mass is 127. The molecule has 0 amide bonds. The van der Waals surface area contributed by atoms with Gasteiger partial charge in [0, 0.05) is 9.13 Å². The molecule has 2 N–H and O–H groups in total. The summed E-state index contributed by atoms with van der Waals surface area (Å²) in [5, 5.41) is 0.653. The number of halogens is 3. The third kappa shape index (κ3) is 3.16. The topological polar surface area (TPSA) is 64.7 Å². The average molecular weight is 521 g/mol. The molecule has 128 valence electrons. The van der Waals surface area contributed by atoms with Gasteiger partial charge in [-0.25, -0.2) is 19.3 Å². The minimum Gasteiger partial charge on any atom is -0.383 e. The van der Waals surface area contributed by atoms with Crippen LogP contribution in [0.25, 0.3) is 33.4 Å². The van der Waals surface area contributed by atoms with E-state index in [9.17, 15) is 4.39 Å². The van der Waals surface area contributed by atoms with Crippen LogP contribution in [0.2, 0.25) is 0 Å². The molecular weight excluding hydrogens is 510 g/mol. The summed E-state index contributed by atoms with van der Waals surface area (Å²) in [5.74, 6) is 0.0151. The molecule has 4 nitrogen and oxygen atoms in total. The number of hydrogen-bond donors (Lipinski definition) is 1. The minimum absolute atomic E-state index is 0.325. The van der Waals surface area contributed by atoms with Gasteiger partial charge in [0.2, 0.25) is 0 Å². The first-order valence-corrected chi connectivity index (χ1v) is 9.52. The fraction of sp³-hybridized carbons (Fsp3) is 0. The zero-order chi connectivity index (χ0) is 18.3. The first-order valence-electron chi connectivity index (χ1n) is 7.65. The van der Waals surface area contributed by atoms with Crippen molar-refractivity contribution in [2.75, 3.05) is 5.73 Å². The molecule has 0 radical (unpaired) electrons. The van der Waals surface area contributed by atoms with E-state index in [1.165, 1.54) is 12.4 Å². The van der Waals surface area contributed by atoms with Crippen molar-refractivity contribution >= 4 is 55.4 Å². The second-order valence-electron chi connectivity index (χ2n) is 5.65. The number of nitrogens with zero attached hydrogens (tertiary/aromatic N) is 3. The van der Waals surface area contributed by atoms with E-state index < -0.39 is 0 Å². The highest BCUT2D eigenvalue weighted by Gasteiger charge is 2.14. The second kappa shape index (κ2) is 6.88. The zero-order valence-corrected chi connectivity index (χ0v) is 17.0. The Bertz CT molecular complexity index is 1130. The number of aromatic nitrogens is 3. The van der Waals surface area contributed by atoms with Crippen LogP contribution >= 0.6 is 38.5 Å². The molecule has 0 bridgehead atoms. The molecule has 0 aliphatic rings. The lowest BCUT2D eigenvalue weighted by atomic mass is 10.00. The summed E-state index contributed by atoms with van der Waals surface area (Å²) >= 11 is 5.50. The number of fused-ring (bicyclic) bond motifs is 1. The van der Waals surface area contributed by atoms with Gasteiger partial charge in [-0.2, -0.15) is 0 Å². The standard InChI is InChI=1S/C19H11BrFIN4/c20-14-7-11(3-6-15(14)21)13-8-16(10-1-4-12(22)5-2-10)26-19-17(13)18(23)24-9-25-19/h1-9H,(H2,23,24,25,26). The van der Waals surface area contributed by atoms with Crippen LogP contribution in [0.3, 0.4) is 0 Å². The minimum atomic E-state index is -0.325. The lowest BCUT2D eigenvalue weighted by molar-refractivity contribution is 0.621. The van der Waals surface area contributed by atoms with Gasteiger partial charge < -0.3 is 5.73 Å². The van der Waals surface area contributed by atoms with Crippen molar-refractivity contribution in [1.29, 1.82) is 0 Å². The summed E-state index contributed by atoms with van der Waals surface area (Å²) in [6.45, 7) is 0. The van der Waals surface area contributed by atoms with Crippen LogP contribution in [-0.2, 0) is 0 Å². The maximum absolute atomic E-state index is 13.7. The number of hydrogen-bond acceptors (Lipinski definition) is 4. The van der Waals surface area contributed by atoms with Crippen LogP contribution in [0.5, 0.6) is 0 Å². The molecule has 0 saturated carbocycles. The molecule has 0 unspecified atom stereocenters. The number of rotatable bonds is 2. The monoisotopic (exact) mass is 520 g/mol. The van der Waals surface area contributed by atoms with Crippen molar-refractivity contribution in [3.8, 4) is 22.4 Å². The summed E-state index contributed by atoms with van der Waals surface area (Å²) in [6, 6.07) is 14.8. The Morgan fingerprint density at radius 3 is 2.42 bits per heavy atom. The van der Waals surface area contributed by atoms with E-state index in [-0.39, 0.29) is 5.82 Å². The van der Waals surface area contributed by atoms with Gasteiger partial charge in [0.15, 0.2) is 5.65 Å². The molecule has 7 heteroatoms. The smallest absolute Gasteiger partial charge is 0.165 e. The van der Waals surface area contributed by atoms with Gasteiger partial charge >= 0.3 is 0 Å². The molecular formula is C19H11BrFIN4. The number of benzene rings is 2. The highest BCUT2D eigenvalue weighted by molar-refractivity contribution is 14.1. The van der Waals surface area contributed by atoms with E-state index in [1.807, 2.05) is 30.3 Å². The van der Waals surface area contributed by atoms with Gasteiger partial charge in [0.1, 0.15) is 18.0 Å². The van der Waals surface area contributed by atoms with Crippen LogP contribution in [0.4, 0.5) is 10.2 Å². The first kappa shape index (κ1) is 17.3. The Labute approximate surface area is 171 Å². The van der Waals surface area contributed by atoms with Gasteiger partial charge in [0.25, 0.3) is 0 Å². The Morgan fingerprint density at radius 1 is 0.962 bits per heavy atom. The van der Waals surface area contributed by atoms with Gasteiger partial charge in [-0.05, 0) is 80.0 Å². The highest BCUT2D eigenvalue weighted by Crippen LogP contribution is 2.35. The summed E-state index contributed by atoms with van der Waals surface area (Å²) < 4.78 is 15.2. The van der Waals surface area contributed by atoms with Crippen molar-refractivity contribution in [3.63, 3.8) is 0 Å². The molecule has 0 atom stereocenters. The number of anilines is 1. The van der Waals surface area contributed by atoms with E-state index in [0.717, 1.165) is 26.0 Å². The molecule has 0 fully saturated rings. The Hall–Kier alpha value is -2.13. The molecule has 0 aliphatic carbocycles. The molecule has 4 rings (SSSR count). The number of nitrogen functional groups attached to an aromatic ring is 1. The largest absolute Gasteiger partial charge is 0.383 e. The van der Waals surface area contributed by atoms with Gasteiger partial charge in [-0.1, -0.05) is 18.2 Å². The average Bonchev–Trinajstić information content (AvgIpc) is 2.64. The van der Waals surface area contributed by atoms with Gasteiger partial charge in [-0.3, -0.25) is 0 Å². The van der Waals surface area contributed by atoms with Crippen LogP contribution in [0.1, 0.15) is 0 Å². The van der Waals surface area contributed by atoms with Gasteiger partial charge in [0.05, 0.1) is 15.6 Å². The van der Waals surface area contributed by atoms with Gasteiger partial charge in [-0.15, -0.1) is 0 Å². The second-order valence-corrected chi connectivity index (χ2v) is 7.75. The van der Waals surface area contributed by atoms with E-state index >= 15 is 0 Å². The Balaban J connectivity index is 2.02. The Kier molecular flexibility index (Phi) is 4.58. The molecule has 0 saturated heterocycles. The molecule has 2 aromatic carbocycles. The third-order valence-electron chi connectivity index (χ3n) is 4.00. The summed E-state index contributed by atoms with van der Waals surface area (Å²) in [6.07, 6.45) is 1.40. The number of pyridine rings is 1.